The molecule has 3 rings (SSSR count). The fraction of sp³-hybridized carbons (Fsp3) is 0.769. The zero-order chi connectivity index (χ0) is 13.2. The molecule has 2 fully saturated rings. The van der Waals surface area contributed by atoms with Gasteiger partial charge in [-0.2, -0.15) is 0 Å². The lowest BCUT2D eigenvalue weighted by Crippen LogP contribution is -2.26. The summed E-state index contributed by atoms with van der Waals surface area (Å²) in [6, 6.07) is 0. The molecule has 2 heterocycles. The second kappa shape index (κ2) is 5.28. The summed E-state index contributed by atoms with van der Waals surface area (Å²) >= 11 is 0. The Balaban J connectivity index is 1.73. The van der Waals surface area contributed by atoms with E-state index in [1.807, 2.05) is 4.68 Å². The molecule has 1 N–H and O–H groups in total. The van der Waals surface area contributed by atoms with Gasteiger partial charge in [0.2, 0.25) is 0 Å². The summed E-state index contributed by atoms with van der Waals surface area (Å²) in [5.74, 6) is -0.603. The van der Waals surface area contributed by atoms with Crippen LogP contribution in [0.1, 0.15) is 54.2 Å². The average molecular weight is 264 g/mol. The van der Waals surface area contributed by atoms with E-state index in [2.05, 4.69) is 15.2 Å². The molecule has 0 spiro atoms. The number of hydrogen-bond donors (Lipinski definition) is 1. The molecule has 6 heteroatoms. The van der Waals surface area contributed by atoms with Crippen molar-refractivity contribution in [3.05, 3.63) is 11.4 Å². The number of hydrogen-bond acceptors (Lipinski definition) is 4. The van der Waals surface area contributed by atoms with E-state index in [0.717, 1.165) is 44.7 Å². The fourth-order valence-electron chi connectivity index (χ4n) is 2.97. The maximum Gasteiger partial charge on any atom is 0.358 e. The summed E-state index contributed by atoms with van der Waals surface area (Å²) in [5, 5.41) is 17.1. The van der Waals surface area contributed by atoms with Crippen LogP contribution in [0.2, 0.25) is 0 Å². The molecule has 0 radical (unpaired) electrons. The summed E-state index contributed by atoms with van der Waals surface area (Å²) in [6.07, 6.45) is 5.86. The van der Waals surface area contributed by atoms with Gasteiger partial charge in [0.25, 0.3) is 0 Å². The topological polar surface area (TPSA) is 71.2 Å². The van der Waals surface area contributed by atoms with Gasteiger partial charge in [0.1, 0.15) is 0 Å². The SMILES string of the molecule is O=C(O)c1nnn(CCN2CCCC2)c1C1CCC1. The minimum Gasteiger partial charge on any atom is -0.476 e. The molecule has 1 aromatic rings. The zero-order valence-corrected chi connectivity index (χ0v) is 11.1. The molecule has 1 aromatic heterocycles. The third-order valence-electron chi connectivity index (χ3n) is 4.29. The highest BCUT2D eigenvalue weighted by Crippen LogP contribution is 2.37. The summed E-state index contributed by atoms with van der Waals surface area (Å²) < 4.78 is 1.82. The Labute approximate surface area is 112 Å². The van der Waals surface area contributed by atoms with Crippen molar-refractivity contribution in [1.29, 1.82) is 0 Å². The smallest absolute Gasteiger partial charge is 0.358 e. The third kappa shape index (κ3) is 2.49. The van der Waals surface area contributed by atoms with Gasteiger partial charge >= 0.3 is 5.97 Å². The van der Waals surface area contributed by atoms with Crippen LogP contribution < -0.4 is 0 Å². The Morgan fingerprint density at radius 1 is 1.21 bits per heavy atom. The molecule has 104 valence electrons. The highest BCUT2D eigenvalue weighted by molar-refractivity contribution is 5.86. The van der Waals surface area contributed by atoms with Crippen molar-refractivity contribution in [3.8, 4) is 0 Å². The second-order valence-electron chi connectivity index (χ2n) is 5.53. The fourth-order valence-corrected chi connectivity index (χ4v) is 2.97. The van der Waals surface area contributed by atoms with Crippen LogP contribution in [0.3, 0.4) is 0 Å². The summed E-state index contributed by atoms with van der Waals surface area (Å²) in [5.41, 5.74) is 1.00. The highest BCUT2D eigenvalue weighted by Gasteiger charge is 2.30. The van der Waals surface area contributed by atoms with Crippen LogP contribution in [0.4, 0.5) is 0 Å². The van der Waals surface area contributed by atoms with Crippen LogP contribution in [0.25, 0.3) is 0 Å². The largest absolute Gasteiger partial charge is 0.476 e. The van der Waals surface area contributed by atoms with E-state index in [1.54, 1.807) is 0 Å². The first-order chi connectivity index (χ1) is 9.25. The average Bonchev–Trinajstić information content (AvgIpc) is 2.93. The number of aromatic nitrogens is 3. The number of rotatable bonds is 5. The summed E-state index contributed by atoms with van der Waals surface area (Å²) in [4.78, 5) is 13.6. The standard InChI is InChI=1S/C13H20N4O2/c18-13(19)11-12(10-4-3-5-10)17(15-14-11)9-8-16-6-1-2-7-16/h10H,1-9H2,(H,18,19). The van der Waals surface area contributed by atoms with E-state index in [-0.39, 0.29) is 5.69 Å². The van der Waals surface area contributed by atoms with Gasteiger partial charge in [-0.05, 0) is 38.8 Å². The maximum absolute atomic E-state index is 11.2. The Kier molecular flexibility index (Phi) is 3.50. The van der Waals surface area contributed by atoms with E-state index >= 15 is 0 Å². The predicted octanol–water partition coefficient (Wildman–Crippen LogP) is 1.34. The van der Waals surface area contributed by atoms with Crippen molar-refractivity contribution >= 4 is 5.97 Å². The molecule has 1 aliphatic heterocycles. The maximum atomic E-state index is 11.2. The molecule has 0 amide bonds. The lowest BCUT2D eigenvalue weighted by molar-refractivity contribution is 0.0687. The number of carboxylic acids is 1. The molecule has 0 unspecified atom stereocenters. The van der Waals surface area contributed by atoms with Gasteiger partial charge < -0.3 is 10.0 Å². The number of carbonyl (C=O) groups is 1. The molecule has 6 nitrogen and oxygen atoms in total. The molecule has 2 aliphatic rings. The normalized spacial score (nSPS) is 20.6. The van der Waals surface area contributed by atoms with E-state index in [4.69, 9.17) is 0 Å². The van der Waals surface area contributed by atoms with Gasteiger partial charge in [-0.15, -0.1) is 5.10 Å². The Hall–Kier alpha value is -1.43. The van der Waals surface area contributed by atoms with Crippen LogP contribution in [-0.4, -0.2) is 50.6 Å². The molecular formula is C13H20N4O2. The van der Waals surface area contributed by atoms with Crippen LogP contribution in [0.15, 0.2) is 0 Å². The number of nitrogens with zero attached hydrogens (tertiary/aromatic N) is 4. The zero-order valence-electron chi connectivity index (χ0n) is 11.1. The van der Waals surface area contributed by atoms with Gasteiger partial charge in [-0.1, -0.05) is 11.6 Å². The van der Waals surface area contributed by atoms with Gasteiger partial charge in [-0.25, -0.2) is 9.48 Å². The van der Waals surface area contributed by atoms with Gasteiger partial charge in [0.15, 0.2) is 5.69 Å². The third-order valence-corrected chi connectivity index (χ3v) is 4.29. The van der Waals surface area contributed by atoms with Crippen LogP contribution in [0.5, 0.6) is 0 Å². The van der Waals surface area contributed by atoms with E-state index in [0.29, 0.717) is 5.92 Å². The molecule has 1 saturated carbocycles. The van der Waals surface area contributed by atoms with Gasteiger partial charge in [-0.3, -0.25) is 0 Å². The highest BCUT2D eigenvalue weighted by atomic mass is 16.4. The summed E-state index contributed by atoms with van der Waals surface area (Å²) in [6.45, 7) is 4.01. The van der Waals surface area contributed by atoms with Crippen LogP contribution in [0, 0.1) is 0 Å². The van der Waals surface area contributed by atoms with Crippen molar-refractivity contribution in [3.63, 3.8) is 0 Å². The number of aromatic carboxylic acids is 1. The van der Waals surface area contributed by atoms with E-state index in [1.165, 1.54) is 19.3 Å². The Morgan fingerprint density at radius 2 is 1.95 bits per heavy atom. The molecule has 0 aromatic carbocycles. The Morgan fingerprint density at radius 3 is 2.53 bits per heavy atom. The first-order valence-corrected chi connectivity index (χ1v) is 7.15. The minimum atomic E-state index is -0.950. The van der Waals surface area contributed by atoms with Crippen molar-refractivity contribution < 1.29 is 9.90 Å². The molecule has 0 bridgehead atoms. The minimum absolute atomic E-state index is 0.158. The molecule has 1 aliphatic carbocycles. The van der Waals surface area contributed by atoms with Crippen molar-refractivity contribution in [2.75, 3.05) is 19.6 Å². The van der Waals surface area contributed by atoms with Crippen LogP contribution in [-0.2, 0) is 6.54 Å². The first kappa shape index (κ1) is 12.6. The van der Waals surface area contributed by atoms with Crippen molar-refractivity contribution in [2.45, 2.75) is 44.6 Å². The molecule has 0 atom stereocenters. The monoisotopic (exact) mass is 264 g/mol. The number of likely N-dealkylation sites (tertiary alicyclic amines) is 1. The lowest BCUT2D eigenvalue weighted by Gasteiger charge is -2.26. The number of carboxylic acid groups (broad SMARTS) is 1. The second-order valence-corrected chi connectivity index (χ2v) is 5.53. The summed E-state index contributed by atoms with van der Waals surface area (Å²) in [7, 11) is 0. The Bertz CT molecular complexity index is 461. The van der Waals surface area contributed by atoms with Crippen LogP contribution >= 0.6 is 0 Å². The van der Waals surface area contributed by atoms with Crippen molar-refractivity contribution in [2.24, 2.45) is 0 Å². The molecular weight excluding hydrogens is 244 g/mol. The lowest BCUT2D eigenvalue weighted by atomic mass is 9.82. The molecule has 19 heavy (non-hydrogen) atoms. The molecule has 1 saturated heterocycles. The van der Waals surface area contributed by atoms with Gasteiger partial charge in [0.05, 0.1) is 12.2 Å². The predicted molar refractivity (Wildman–Crippen MR) is 69.2 cm³/mol. The van der Waals surface area contributed by atoms with E-state index in [9.17, 15) is 9.90 Å². The van der Waals surface area contributed by atoms with Gasteiger partial charge in [0, 0.05) is 12.5 Å². The van der Waals surface area contributed by atoms with E-state index < -0.39 is 5.97 Å². The quantitative estimate of drug-likeness (QED) is 0.869. The van der Waals surface area contributed by atoms with Crippen molar-refractivity contribution in [1.82, 2.24) is 19.9 Å². The first-order valence-electron chi connectivity index (χ1n) is 7.15.